The van der Waals surface area contributed by atoms with Crippen LogP contribution in [0.2, 0.25) is 0 Å². The van der Waals surface area contributed by atoms with Gasteiger partial charge in [0.25, 0.3) is 0 Å². The number of nitrogens with zero attached hydrogens (tertiary/aromatic N) is 2. The summed E-state index contributed by atoms with van der Waals surface area (Å²) >= 11 is 0. The molecule has 0 saturated carbocycles. The lowest BCUT2D eigenvalue weighted by Gasteiger charge is -2.09. The van der Waals surface area contributed by atoms with Gasteiger partial charge in [-0.25, -0.2) is 4.98 Å². The highest BCUT2D eigenvalue weighted by Crippen LogP contribution is 2.19. The molecule has 0 unspecified atom stereocenters. The summed E-state index contributed by atoms with van der Waals surface area (Å²) in [5.41, 5.74) is 3.09. The second kappa shape index (κ2) is 6.74. The average molecular weight is 287 g/mol. The molecular weight excluding hydrogens is 262 g/mol. The summed E-state index contributed by atoms with van der Waals surface area (Å²) in [6.45, 7) is 9.34. The minimum atomic E-state index is 0.0818. The lowest BCUT2D eigenvalue weighted by molar-refractivity contribution is -0.120. The molecule has 1 heterocycles. The SMILES string of the molecule is CC(C)CCNC(=O)Cc1ccc2c(c1)ncn2C(C)C. The molecule has 0 fully saturated rings. The van der Waals surface area contributed by atoms with E-state index >= 15 is 0 Å². The molecule has 0 saturated heterocycles. The van der Waals surface area contributed by atoms with Crippen molar-refractivity contribution in [1.82, 2.24) is 14.9 Å². The van der Waals surface area contributed by atoms with Crippen molar-refractivity contribution in [2.24, 2.45) is 5.92 Å². The third-order valence-corrected chi connectivity index (χ3v) is 3.60. The molecule has 114 valence electrons. The molecule has 0 atom stereocenters. The summed E-state index contributed by atoms with van der Waals surface area (Å²) in [6, 6.07) is 6.47. The number of aromatic nitrogens is 2. The predicted octanol–water partition coefficient (Wildman–Crippen LogP) is 3.32. The van der Waals surface area contributed by atoms with Crippen molar-refractivity contribution in [3.05, 3.63) is 30.1 Å². The number of rotatable bonds is 6. The standard InChI is InChI=1S/C17H25N3O/c1-12(2)7-8-18-17(21)10-14-5-6-16-15(9-14)19-11-20(16)13(3)4/h5-6,9,11-13H,7-8,10H2,1-4H3,(H,18,21). The topological polar surface area (TPSA) is 46.9 Å². The molecule has 0 aliphatic rings. The maximum atomic E-state index is 11.9. The monoisotopic (exact) mass is 287 g/mol. The van der Waals surface area contributed by atoms with E-state index in [-0.39, 0.29) is 5.91 Å². The number of benzene rings is 1. The van der Waals surface area contributed by atoms with Crippen molar-refractivity contribution in [3.8, 4) is 0 Å². The van der Waals surface area contributed by atoms with Crippen LogP contribution in [0.3, 0.4) is 0 Å². The fourth-order valence-electron chi connectivity index (χ4n) is 2.35. The van der Waals surface area contributed by atoms with Crippen LogP contribution in [-0.4, -0.2) is 22.0 Å². The highest BCUT2D eigenvalue weighted by Gasteiger charge is 2.08. The molecule has 1 aromatic heterocycles. The van der Waals surface area contributed by atoms with E-state index in [0.717, 1.165) is 29.6 Å². The molecule has 1 amide bonds. The fraction of sp³-hybridized carbons (Fsp3) is 0.529. The van der Waals surface area contributed by atoms with E-state index in [2.05, 4.69) is 48.6 Å². The first kappa shape index (κ1) is 15.5. The van der Waals surface area contributed by atoms with Crippen molar-refractivity contribution in [2.75, 3.05) is 6.54 Å². The Labute approximate surface area is 126 Å². The summed E-state index contributed by atoms with van der Waals surface area (Å²) in [5, 5.41) is 2.97. The quantitative estimate of drug-likeness (QED) is 0.886. The first-order chi connectivity index (χ1) is 9.97. The van der Waals surface area contributed by atoms with Gasteiger partial charge in [-0.3, -0.25) is 4.79 Å². The number of nitrogens with one attached hydrogen (secondary N) is 1. The van der Waals surface area contributed by atoms with Crippen molar-refractivity contribution < 1.29 is 4.79 Å². The molecule has 1 aromatic carbocycles. The van der Waals surface area contributed by atoms with Crippen LogP contribution in [0, 0.1) is 5.92 Å². The molecule has 0 aliphatic carbocycles. The van der Waals surface area contributed by atoms with E-state index in [0.29, 0.717) is 18.4 Å². The van der Waals surface area contributed by atoms with Gasteiger partial charge in [-0.15, -0.1) is 0 Å². The maximum absolute atomic E-state index is 11.9. The number of amides is 1. The number of fused-ring (bicyclic) bond motifs is 1. The molecule has 1 N–H and O–H groups in total. The third-order valence-electron chi connectivity index (χ3n) is 3.60. The highest BCUT2D eigenvalue weighted by molar-refractivity contribution is 5.81. The zero-order chi connectivity index (χ0) is 15.4. The smallest absolute Gasteiger partial charge is 0.224 e. The van der Waals surface area contributed by atoms with E-state index in [9.17, 15) is 4.79 Å². The van der Waals surface area contributed by atoms with Gasteiger partial charge < -0.3 is 9.88 Å². The summed E-state index contributed by atoms with van der Waals surface area (Å²) in [7, 11) is 0. The molecule has 0 spiro atoms. The van der Waals surface area contributed by atoms with Gasteiger partial charge in [0.15, 0.2) is 0 Å². The van der Waals surface area contributed by atoms with Gasteiger partial charge in [0.2, 0.25) is 5.91 Å². The Morgan fingerprint density at radius 3 is 2.71 bits per heavy atom. The molecule has 0 bridgehead atoms. The number of hydrogen-bond acceptors (Lipinski definition) is 2. The van der Waals surface area contributed by atoms with E-state index in [1.165, 1.54) is 0 Å². The molecule has 2 rings (SSSR count). The van der Waals surface area contributed by atoms with Crippen molar-refractivity contribution >= 4 is 16.9 Å². The zero-order valence-corrected chi connectivity index (χ0v) is 13.4. The number of hydrogen-bond donors (Lipinski definition) is 1. The second-order valence-electron chi connectivity index (χ2n) is 6.28. The van der Waals surface area contributed by atoms with Crippen molar-refractivity contribution in [2.45, 2.75) is 46.6 Å². The molecule has 4 heteroatoms. The molecular formula is C17H25N3O. The Hall–Kier alpha value is -1.84. The van der Waals surface area contributed by atoms with Gasteiger partial charge in [0.1, 0.15) is 0 Å². The van der Waals surface area contributed by atoms with E-state index in [4.69, 9.17) is 0 Å². The number of carbonyl (C=O) groups excluding carboxylic acids is 1. The molecule has 0 aliphatic heterocycles. The number of imidazole rings is 1. The predicted molar refractivity (Wildman–Crippen MR) is 86.3 cm³/mol. The third kappa shape index (κ3) is 4.06. The van der Waals surface area contributed by atoms with Gasteiger partial charge in [-0.05, 0) is 43.9 Å². The van der Waals surface area contributed by atoms with Gasteiger partial charge in [0.05, 0.1) is 23.8 Å². The summed E-state index contributed by atoms with van der Waals surface area (Å²) in [4.78, 5) is 16.3. The van der Waals surface area contributed by atoms with Crippen LogP contribution < -0.4 is 5.32 Å². The molecule has 4 nitrogen and oxygen atoms in total. The highest BCUT2D eigenvalue weighted by atomic mass is 16.1. The molecule has 2 aromatic rings. The number of carbonyl (C=O) groups is 1. The summed E-state index contributed by atoms with van der Waals surface area (Å²) < 4.78 is 2.14. The van der Waals surface area contributed by atoms with Crippen LogP contribution in [0.25, 0.3) is 11.0 Å². The Bertz CT molecular complexity index is 614. The van der Waals surface area contributed by atoms with Gasteiger partial charge in [0, 0.05) is 12.6 Å². The van der Waals surface area contributed by atoms with Crippen LogP contribution in [0.4, 0.5) is 0 Å². The first-order valence-electron chi connectivity index (χ1n) is 7.69. The Balaban J connectivity index is 2.01. The zero-order valence-electron chi connectivity index (χ0n) is 13.4. The van der Waals surface area contributed by atoms with Crippen LogP contribution >= 0.6 is 0 Å². The lowest BCUT2D eigenvalue weighted by Crippen LogP contribution is -2.26. The molecule has 0 radical (unpaired) electrons. The molecule has 21 heavy (non-hydrogen) atoms. The van der Waals surface area contributed by atoms with Crippen molar-refractivity contribution in [3.63, 3.8) is 0 Å². The van der Waals surface area contributed by atoms with Crippen LogP contribution in [-0.2, 0) is 11.2 Å². The van der Waals surface area contributed by atoms with E-state index in [1.54, 1.807) is 0 Å². The fourth-order valence-corrected chi connectivity index (χ4v) is 2.35. The minimum absolute atomic E-state index is 0.0818. The average Bonchev–Trinajstić information content (AvgIpc) is 2.81. The minimum Gasteiger partial charge on any atom is -0.356 e. The Morgan fingerprint density at radius 2 is 2.05 bits per heavy atom. The second-order valence-corrected chi connectivity index (χ2v) is 6.28. The largest absolute Gasteiger partial charge is 0.356 e. The van der Waals surface area contributed by atoms with Crippen molar-refractivity contribution in [1.29, 1.82) is 0 Å². The maximum Gasteiger partial charge on any atom is 0.224 e. The van der Waals surface area contributed by atoms with E-state index in [1.807, 2.05) is 18.5 Å². The van der Waals surface area contributed by atoms with E-state index < -0.39 is 0 Å². The first-order valence-corrected chi connectivity index (χ1v) is 7.69. The Morgan fingerprint density at radius 1 is 1.29 bits per heavy atom. The van der Waals surface area contributed by atoms with Gasteiger partial charge in [-0.2, -0.15) is 0 Å². The normalized spacial score (nSPS) is 11.5. The van der Waals surface area contributed by atoms with Gasteiger partial charge >= 0.3 is 0 Å². The summed E-state index contributed by atoms with van der Waals surface area (Å²) in [5.74, 6) is 0.694. The van der Waals surface area contributed by atoms with Crippen LogP contribution in [0.15, 0.2) is 24.5 Å². The van der Waals surface area contributed by atoms with Gasteiger partial charge in [-0.1, -0.05) is 19.9 Å². The van der Waals surface area contributed by atoms with Crippen LogP contribution in [0.5, 0.6) is 0 Å². The lowest BCUT2D eigenvalue weighted by atomic mass is 10.1. The summed E-state index contributed by atoms with van der Waals surface area (Å²) in [6.07, 6.45) is 3.30. The van der Waals surface area contributed by atoms with Crippen LogP contribution in [0.1, 0.15) is 45.7 Å². The Kier molecular flexibility index (Phi) is 4.99.